The first-order chi connectivity index (χ1) is 9.56. The molecule has 1 N–H and O–H groups in total. The molecule has 1 aromatic heterocycles. The van der Waals surface area contributed by atoms with Crippen molar-refractivity contribution in [1.29, 1.82) is 0 Å². The van der Waals surface area contributed by atoms with Gasteiger partial charge >= 0.3 is 0 Å². The van der Waals surface area contributed by atoms with Crippen LogP contribution in [0.3, 0.4) is 0 Å². The highest BCUT2D eigenvalue weighted by molar-refractivity contribution is 6.28. The van der Waals surface area contributed by atoms with Crippen LogP contribution >= 0.6 is 11.6 Å². The van der Waals surface area contributed by atoms with Gasteiger partial charge in [0.05, 0.1) is 13.2 Å². The lowest BCUT2D eigenvalue weighted by atomic mass is 10.4. The van der Waals surface area contributed by atoms with Crippen LogP contribution in [0.5, 0.6) is 0 Å². The Morgan fingerprint density at radius 2 is 2.00 bits per heavy atom. The van der Waals surface area contributed by atoms with Crippen molar-refractivity contribution < 1.29 is 4.74 Å². The van der Waals surface area contributed by atoms with Gasteiger partial charge in [-0.2, -0.15) is 15.0 Å². The highest BCUT2D eigenvalue weighted by Gasteiger charge is 2.09. The first-order valence-electron chi connectivity index (χ1n) is 6.69. The third kappa shape index (κ3) is 5.71. The molecule has 0 unspecified atom stereocenters. The van der Waals surface area contributed by atoms with Crippen LogP contribution in [-0.2, 0) is 4.74 Å². The molecule has 0 atom stereocenters. The summed E-state index contributed by atoms with van der Waals surface area (Å²) in [5, 5.41) is 3.26. The second kappa shape index (κ2) is 8.71. The van der Waals surface area contributed by atoms with E-state index < -0.39 is 0 Å². The summed E-state index contributed by atoms with van der Waals surface area (Å²) in [6, 6.07) is 0. The number of nitrogens with zero attached hydrogens (tertiary/aromatic N) is 4. The van der Waals surface area contributed by atoms with Gasteiger partial charge in [0.1, 0.15) is 0 Å². The lowest BCUT2D eigenvalue weighted by Gasteiger charge is -2.18. The Morgan fingerprint density at radius 3 is 2.60 bits per heavy atom. The smallest absolute Gasteiger partial charge is 0.231 e. The fourth-order valence-corrected chi connectivity index (χ4v) is 1.70. The van der Waals surface area contributed by atoms with E-state index in [9.17, 15) is 0 Å². The number of hydrogen-bond acceptors (Lipinski definition) is 6. The normalized spacial score (nSPS) is 10.4. The monoisotopic (exact) mass is 299 g/mol. The minimum absolute atomic E-state index is 0.187. The van der Waals surface area contributed by atoms with E-state index in [4.69, 9.17) is 16.3 Å². The largest absolute Gasteiger partial charge is 0.375 e. The lowest BCUT2D eigenvalue weighted by Crippen LogP contribution is -2.25. The zero-order valence-electron chi connectivity index (χ0n) is 12.3. The van der Waals surface area contributed by atoms with Crippen molar-refractivity contribution in [1.82, 2.24) is 15.0 Å². The minimum Gasteiger partial charge on any atom is -0.375 e. The van der Waals surface area contributed by atoms with Gasteiger partial charge in [-0.25, -0.2) is 0 Å². The van der Waals surface area contributed by atoms with E-state index in [1.54, 1.807) is 0 Å². The predicted octanol–water partition coefficient (Wildman–Crippen LogP) is 2.38. The molecular weight excluding hydrogens is 278 g/mol. The number of halogens is 1. The van der Waals surface area contributed by atoms with Crippen molar-refractivity contribution >= 4 is 23.5 Å². The Bertz CT molecular complexity index is 437. The van der Waals surface area contributed by atoms with Crippen molar-refractivity contribution in [3.8, 4) is 0 Å². The molecule has 112 valence electrons. The van der Waals surface area contributed by atoms with Crippen molar-refractivity contribution in [3.05, 3.63) is 17.4 Å². The fourth-order valence-electron chi connectivity index (χ4n) is 1.55. The summed E-state index contributed by atoms with van der Waals surface area (Å²) in [5.41, 5.74) is 0.997. The Morgan fingerprint density at radius 1 is 1.30 bits per heavy atom. The molecule has 6 nitrogen and oxygen atoms in total. The van der Waals surface area contributed by atoms with Gasteiger partial charge in [-0.05, 0) is 32.4 Å². The Hall–Kier alpha value is -1.40. The van der Waals surface area contributed by atoms with E-state index in [2.05, 4.69) is 26.8 Å². The number of rotatable bonds is 9. The number of anilines is 2. The maximum absolute atomic E-state index is 5.92. The molecule has 0 fully saturated rings. The van der Waals surface area contributed by atoms with Gasteiger partial charge in [0, 0.05) is 19.6 Å². The molecule has 0 saturated carbocycles. The van der Waals surface area contributed by atoms with E-state index in [1.165, 1.54) is 0 Å². The Kier molecular flexibility index (Phi) is 7.25. The predicted molar refractivity (Wildman–Crippen MR) is 82.5 cm³/mol. The molecule has 0 spiro atoms. The number of aromatic nitrogens is 3. The molecule has 7 heteroatoms. The van der Waals surface area contributed by atoms with Crippen molar-refractivity contribution in [2.24, 2.45) is 0 Å². The molecule has 0 bridgehead atoms. The van der Waals surface area contributed by atoms with Gasteiger partial charge in [0.2, 0.25) is 17.2 Å². The summed E-state index contributed by atoms with van der Waals surface area (Å²) in [7, 11) is 0. The van der Waals surface area contributed by atoms with Crippen molar-refractivity contribution in [2.75, 3.05) is 43.1 Å². The van der Waals surface area contributed by atoms with Crippen LogP contribution in [0, 0.1) is 0 Å². The standard InChI is InChI=1S/C13H22ClN5O/c1-5-19(6-2)13-17-11(14)16-12(18-13)15-7-8-20-9-10(3)4/h3,5-9H2,1-2,4H3,(H,15,16,17,18). The maximum atomic E-state index is 5.92. The first kappa shape index (κ1) is 16.7. The fraction of sp³-hybridized carbons (Fsp3) is 0.615. The van der Waals surface area contributed by atoms with Gasteiger partial charge in [0.15, 0.2) is 0 Å². The van der Waals surface area contributed by atoms with Gasteiger partial charge < -0.3 is 15.0 Å². The zero-order valence-corrected chi connectivity index (χ0v) is 13.1. The summed E-state index contributed by atoms with van der Waals surface area (Å²) < 4.78 is 5.39. The molecule has 1 aromatic rings. The van der Waals surface area contributed by atoms with Crippen LogP contribution < -0.4 is 10.2 Å². The summed E-state index contributed by atoms with van der Waals surface area (Å²) in [4.78, 5) is 14.5. The molecule has 20 heavy (non-hydrogen) atoms. The molecule has 0 aliphatic heterocycles. The highest BCUT2D eigenvalue weighted by Crippen LogP contribution is 2.13. The van der Waals surface area contributed by atoms with Crippen LogP contribution in [0.1, 0.15) is 20.8 Å². The van der Waals surface area contributed by atoms with Crippen LogP contribution in [0.2, 0.25) is 5.28 Å². The van der Waals surface area contributed by atoms with E-state index >= 15 is 0 Å². The van der Waals surface area contributed by atoms with Crippen LogP contribution in [-0.4, -0.2) is 47.8 Å². The van der Waals surface area contributed by atoms with E-state index in [0.717, 1.165) is 18.7 Å². The van der Waals surface area contributed by atoms with E-state index in [1.807, 2.05) is 25.7 Å². The molecule has 0 aliphatic carbocycles. The quantitative estimate of drug-likeness (QED) is 0.558. The topological polar surface area (TPSA) is 63.2 Å². The van der Waals surface area contributed by atoms with Crippen LogP contribution in [0.4, 0.5) is 11.9 Å². The number of hydrogen-bond donors (Lipinski definition) is 1. The molecule has 1 heterocycles. The van der Waals surface area contributed by atoms with Gasteiger partial charge in [0.25, 0.3) is 0 Å². The second-order valence-electron chi connectivity index (χ2n) is 4.34. The van der Waals surface area contributed by atoms with Crippen LogP contribution in [0.15, 0.2) is 12.2 Å². The summed E-state index contributed by atoms with van der Waals surface area (Å²) in [6.07, 6.45) is 0. The molecular formula is C13H22ClN5O. The SMILES string of the molecule is C=C(C)COCCNc1nc(Cl)nc(N(CC)CC)n1. The summed E-state index contributed by atoms with van der Waals surface area (Å²) in [5.74, 6) is 1.05. The summed E-state index contributed by atoms with van der Waals surface area (Å²) >= 11 is 5.92. The first-order valence-corrected chi connectivity index (χ1v) is 7.07. The Labute approximate surface area is 125 Å². The highest BCUT2D eigenvalue weighted by atomic mass is 35.5. The van der Waals surface area contributed by atoms with Crippen molar-refractivity contribution in [2.45, 2.75) is 20.8 Å². The minimum atomic E-state index is 0.187. The van der Waals surface area contributed by atoms with E-state index in [-0.39, 0.29) is 5.28 Å². The molecule has 0 amide bonds. The average Bonchev–Trinajstić information content (AvgIpc) is 2.39. The number of ether oxygens (including phenoxy) is 1. The molecule has 0 aromatic carbocycles. The maximum Gasteiger partial charge on any atom is 0.231 e. The third-order valence-electron chi connectivity index (χ3n) is 2.52. The molecule has 1 rings (SSSR count). The van der Waals surface area contributed by atoms with Gasteiger partial charge in [-0.15, -0.1) is 0 Å². The van der Waals surface area contributed by atoms with Gasteiger partial charge in [-0.3, -0.25) is 0 Å². The zero-order chi connectivity index (χ0) is 15.0. The average molecular weight is 300 g/mol. The molecule has 0 saturated heterocycles. The summed E-state index contributed by atoms with van der Waals surface area (Å²) in [6.45, 7) is 13.1. The van der Waals surface area contributed by atoms with E-state index in [0.29, 0.717) is 31.7 Å². The third-order valence-corrected chi connectivity index (χ3v) is 2.69. The Balaban J connectivity index is 2.55. The lowest BCUT2D eigenvalue weighted by molar-refractivity contribution is 0.167. The molecule has 0 radical (unpaired) electrons. The second-order valence-corrected chi connectivity index (χ2v) is 4.67. The van der Waals surface area contributed by atoms with Crippen LogP contribution in [0.25, 0.3) is 0 Å². The molecule has 0 aliphatic rings. The van der Waals surface area contributed by atoms with Crippen molar-refractivity contribution in [3.63, 3.8) is 0 Å². The van der Waals surface area contributed by atoms with Gasteiger partial charge in [-0.1, -0.05) is 12.2 Å². The number of nitrogens with one attached hydrogen (secondary N) is 1.